The third kappa shape index (κ3) is 2.46. The summed E-state index contributed by atoms with van der Waals surface area (Å²) in [6.07, 6.45) is 6.37. The van der Waals surface area contributed by atoms with Crippen LogP contribution in [0.4, 0.5) is 5.82 Å². The topological polar surface area (TPSA) is 68.0 Å². The molecule has 0 fully saturated rings. The average Bonchev–Trinajstić information content (AvgIpc) is 3.29. The molecule has 1 N–H and O–H groups in total. The van der Waals surface area contributed by atoms with Crippen molar-refractivity contribution in [1.29, 1.82) is 0 Å². The van der Waals surface area contributed by atoms with Crippen LogP contribution in [0.15, 0.2) is 24.4 Å². The maximum absolute atomic E-state index is 4.67. The number of fused-ring (bicyclic) bond motifs is 4. The summed E-state index contributed by atoms with van der Waals surface area (Å²) in [5.74, 6) is 2.75. The first-order chi connectivity index (χ1) is 12.3. The molecule has 1 aliphatic carbocycles. The highest BCUT2D eigenvalue weighted by atomic mass is 32.1. The Kier molecular flexibility index (Phi) is 3.41. The molecule has 4 aromatic rings. The number of aromatic nitrogens is 5. The predicted molar refractivity (Wildman–Crippen MR) is 99.4 cm³/mol. The Labute approximate surface area is 149 Å². The van der Waals surface area contributed by atoms with Gasteiger partial charge < -0.3 is 5.32 Å². The van der Waals surface area contributed by atoms with Crippen molar-refractivity contribution in [3.63, 3.8) is 0 Å². The third-order valence-electron chi connectivity index (χ3n) is 4.70. The molecule has 0 unspecified atom stereocenters. The third-order valence-corrected chi connectivity index (χ3v) is 5.89. The van der Waals surface area contributed by atoms with E-state index in [0.29, 0.717) is 0 Å². The molecule has 0 aliphatic heterocycles. The van der Waals surface area contributed by atoms with Crippen LogP contribution in [-0.2, 0) is 19.3 Å². The minimum Gasteiger partial charge on any atom is -0.369 e. The van der Waals surface area contributed by atoms with Crippen LogP contribution in [0.2, 0.25) is 0 Å². The van der Waals surface area contributed by atoms with Crippen molar-refractivity contribution in [3.05, 3.63) is 46.5 Å². The van der Waals surface area contributed by atoms with Crippen LogP contribution in [0.3, 0.4) is 0 Å². The van der Waals surface area contributed by atoms with Gasteiger partial charge in [-0.05, 0) is 43.9 Å². The van der Waals surface area contributed by atoms with E-state index in [1.165, 1.54) is 28.7 Å². The molecule has 7 heteroatoms. The van der Waals surface area contributed by atoms with Crippen LogP contribution >= 0.6 is 11.3 Å². The van der Waals surface area contributed by atoms with Gasteiger partial charge in [0.2, 0.25) is 0 Å². The molecule has 25 heavy (non-hydrogen) atoms. The van der Waals surface area contributed by atoms with Gasteiger partial charge in [0, 0.05) is 24.0 Å². The van der Waals surface area contributed by atoms with Gasteiger partial charge >= 0.3 is 0 Å². The Morgan fingerprint density at radius 2 is 2.16 bits per heavy atom. The lowest BCUT2D eigenvalue weighted by molar-refractivity contribution is 0.867. The molecular formula is C18H18N6S. The van der Waals surface area contributed by atoms with E-state index in [-0.39, 0.29) is 0 Å². The molecule has 4 aromatic heterocycles. The number of hydrogen-bond donors (Lipinski definition) is 1. The lowest BCUT2D eigenvalue weighted by atomic mass is 10.2. The SMILES string of the molecule is Cc1nc(NCCc2nnc3ccccn23)c2c3c(sc2n1)CCC3. The Hall–Kier alpha value is -2.54. The molecule has 0 atom stereocenters. The number of thiophene rings is 1. The maximum atomic E-state index is 4.67. The van der Waals surface area contributed by atoms with Gasteiger partial charge in [-0.25, -0.2) is 9.97 Å². The fraction of sp³-hybridized carbons (Fsp3) is 0.333. The summed E-state index contributed by atoms with van der Waals surface area (Å²) in [4.78, 5) is 11.9. The van der Waals surface area contributed by atoms with E-state index < -0.39 is 0 Å². The number of aryl methyl sites for hydroxylation is 3. The quantitative estimate of drug-likeness (QED) is 0.612. The van der Waals surface area contributed by atoms with Gasteiger partial charge in [-0.2, -0.15) is 0 Å². The van der Waals surface area contributed by atoms with E-state index in [1.807, 2.05) is 47.1 Å². The summed E-state index contributed by atoms with van der Waals surface area (Å²) in [5.41, 5.74) is 2.34. The summed E-state index contributed by atoms with van der Waals surface area (Å²) in [7, 11) is 0. The van der Waals surface area contributed by atoms with E-state index in [9.17, 15) is 0 Å². The maximum Gasteiger partial charge on any atom is 0.160 e. The highest BCUT2D eigenvalue weighted by Crippen LogP contribution is 2.39. The Morgan fingerprint density at radius 1 is 1.20 bits per heavy atom. The van der Waals surface area contributed by atoms with Crippen molar-refractivity contribution in [3.8, 4) is 0 Å². The molecule has 0 aromatic carbocycles. The van der Waals surface area contributed by atoms with Crippen LogP contribution in [0.5, 0.6) is 0 Å². The number of hydrogen-bond acceptors (Lipinski definition) is 6. The molecule has 126 valence electrons. The van der Waals surface area contributed by atoms with Gasteiger partial charge in [-0.1, -0.05) is 6.07 Å². The van der Waals surface area contributed by atoms with E-state index in [4.69, 9.17) is 0 Å². The molecule has 0 spiro atoms. The number of pyridine rings is 1. The second-order valence-electron chi connectivity index (χ2n) is 6.38. The summed E-state index contributed by atoms with van der Waals surface area (Å²) < 4.78 is 2.03. The normalized spacial score (nSPS) is 13.6. The first kappa shape index (κ1) is 14.8. The predicted octanol–water partition coefficient (Wildman–Crippen LogP) is 3.19. The van der Waals surface area contributed by atoms with Crippen molar-refractivity contribution < 1.29 is 0 Å². The Morgan fingerprint density at radius 3 is 3.12 bits per heavy atom. The van der Waals surface area contributed by atoms with E-state index in [0.717, 1.165) is 47.3 Å². The fourth-order valence-electron chi connectivity index (χ4n) is 3.58. The second-order valence-corrected chi connectivity index (χ2v) is 7.46. The van der Waals surface area contributed by atoms with Crippen LogP contribution < -0.4 is 5.32 Å². The lowest BCUT2D eigenvalue weighted by Crippen LogP contribution is -2.10. The van der Waals surface area contributed by atoms with Crippen molar-refractivity contribution in [2.24, 2.45) is 0 Å². The summed E-state index contributed by atoms with van der Waals surface area (Å²) in [5, 5.41) is 13.3. The van der Waals surface area contributed by atoms with E-state index in [1.54, 1.807) is 0 Å². The number of anilines is 1. The standard InChI is InChI=1S/C18H18N6S/c1-11-20-17(16-12-5-4-6-13(12)25-18(16)21-11)19-9-8-15-23-22-14-7-2-3-10-24(14)15/h2-3,7,10H,4-6,8-9H2,1H3,(H,19,20,21). The largest absolute Gasteiger partial charge is 0.369 e. The van der Waals surface area contributed by atoms with Gasteiger partial charge in [-0.3, -0.25) is 4.40 Å². The Balaban J connectivity index is 1.42. The van der Waals surface area contributed by atoms with Gasteiger partial charge in [0.15, 0.2) is 5.65 Å². The summed E-state index contributed by atoms with van der Waals surface area (Å²) in [6.45, 7) is 2.73. The zero-order chi connectivity index (χ0) is 16.8. The summed E-state index contributed by atoms with van der Waals surface area (Å²) in [6, 6.07) is 5.94. The average molecular weight is 350 g/mol. The minimum absolute atomic E-state index is 0.770. The molecule has 0 bridgehead atoms. The molecule has 1 aliphatic rings. The van der Waals surface area contributed by atoms with Gasteiger partial charge in [0.25, 0.3) is 0 Å². The highest BCUT2D eigenvalue weighted by Gasteiger charge is 2.21. The molecule has 0 radical (unpaired) electrons. The molecule has 0 amide bonds. The molecule has 5 rings (SSSR count). The summed E-state index contributed by atoms with van der Waals surface area (Å²) >= 11 is 1.83. The van der Waals surface area contributed by atoms with Gasteiger partial charge in [0.05, 0.1) is 5.39 Å². The zero-order valence-electron chi connectivity index (χ0n) is 14.0. The minimum atomic E-state index is 0.770. The smallest absolute Gasteiger partial charge is 0.160 e. The molecule has 0 saturated carbocycles. The second kappa shape index (κ2) is 5.77. The van der Waals surface area contributed by atoms with Crippen molar-refractivity contribution in [1.82, 2.24) is 24.6 Å². The molecule has 0 saturated heterocycles. The first-order valence-corrected chi connectivity index (χ1v) is 9.42. The van der Waals surface area contributed by atoms with Crippen molar-refractivity contribution in [2.45, 2.75) is 32.6 Å². The molecule has 6 nitrogen and oxygen atoms in total. The van der Waals surface area contributed by atoms with Crippen LogP contribution in [-0.4, -0.2) is 31.1 Å². The number of rotatable bonds is 4. The van der Waals surface area contributed by atoms with Crippen molar-refractivity contribution in [2.75, 3.05) is 11.9 Å². The van der Waals surface area contributed by atoms with Crippen molar-refractivity contribution >= 4 is 33.0 Å². The number of nitrogens with one attached hydrogen (secondary N) is 1. The Bertz CT molecular complexity index is 1080. The lowest BCUT2D eigenvalue weighted by Gasteiger charge is -2.08. The van der Waals surface area contributed by atoms with E-state index in [2.05, 4.69) is 25.5 Å². The molecular weight excluding hydrogens is 332 g/mol. The zero-order valence-corrected chi connectivity index (χ0v) is 14.8. The monoisotopic (exact) mass is 350 g/mol. The van der Waals surface area contributed by atoms with E-state index >= 15 is 0 Å². The highest BCUT2D eigenvalue weighted by molar-refractivity contribution is 7.19. The van der Waals surface area contributed by atoms with Crippen LogP contribution in [0.1, 0.15) is 28.5 Å². The number of nitrogens with zero attached hydrogens (tertiary/aromatic N) is 5. The van der Waals surface area contributed by atoms with Crippen LogP contribution in [0, 0.1) is 6.92 Å². The van der Waals surface area contributed by atoms with Gasteiger partial charge in [0.1, 0.15) is 22.3 Å². The fourth-order valence-corrected chi connectivity index (χ4v) is 4.89. The van der Waals surface area contributed by atoms with Crippen LogP contribution in [0.25, 0.3) is 15.9 Å². The first-order valence-electron chi connectivity index (χ1n) is 8.61. The molecule has 4 heterocycles. The van der Waals surface area contributed by atoms with Gasteiger partial charge in [-0.15, -0.1) is 21.5 Å².